The minimum Gasteiger partial charge on any atom is -0.331 e. The largest absolute Gasteiger partial charge is 0.331 e. The smallest absolute Gasteiger partial charge is 0.278 e. The van der Waals surface area contributed by atoms with Gasteiger partial charge in [0.25, 0.3) is 7.58 Å². The van der Waals surface area contributed by atoms with Gasteiger partial charge in [0, 0.05) is 36.0 Å². The van der Waals surface area contributed by atoms with Crippen molar-refractivity contribution in [1.29, 1.82) is 0 Å². The molecule has 3 rings (SSSR count). The van der Waals surface area contributed by atoms with E-state index in [4.69, 9.17) is 23.2 Å². The van der Waals surface area contributed by atoms with Crippen LogP contribution in [0, 0.1) is 0 Å². The number of hydrogen-bond acceptors (Lipinski definition) is 4. The SMILES string of the molecule is OP1(N(CCCl)CCCl)=NC(c2ccccc2)=NC(c2ccccc2)=N1. The third kappa shape index (κ3) is 4.43. The fourth-order valence-electron chi connectivity index (χ4n) is 2.54. The topological polar surface area (TPSA) is 60.5 Å². The van der Waals surface area contributed by atoms with Gasteiger partial charge in [0.15, 0.2) is 11.7 Å². The second kappa shape index (κ2) is 8.94. The molecule has 2 aromatic rings. The third-order valence-electron chi connectivity index (χ3n) is 3.80. The Balaban J connectivity index is 2.14. The molecule has 1 aliphatic rings. The van der Waals surface area contributed by atoms with Crippen LogP contribution in [-0.2, 0) is 0 Å². The molecule has 2 aromatic carbocycles. The highest BCUT2D eigenvalue weighted by atomic mass is 35.5. The van der Waals surface area contributed by atoms with Gasteiger partial charge in [-0.1, -0.05) is 60.7 Å². The summed E-state index contributed by atoms with van der Waals surface area (Å²) in [5.74, 6) is 1.62. The molecule has 1 atom stereocenters. The number of hydrogen-bond donors (Lipinski definition) is 1. The molecule has 26 heavy (non-hydrogen) atoms. The van der Waals surface area contributed by atoms with E-state index in [1.807, 2.05) is 60.7 Å². The minimum absolute atomic E-state index is 0.350. The summed E-state index contributed by atoms with van der Waals surface area (Å²) in [7, 11) is -3.20. The first-order valence-corrected chi connectivity index (χ1v) is 10.9. The molecule has 1 aliphatic heterocycles. The van der Waals surface area contributed by atoms with E-state index in [2.05, 4.69) is 14.5 Å². The highest BCUT2D eigenvalue weighted by Gasteiger charge is 2.30. The van der Waals surface area contributed by atoms with Gasteiger partial charge in [0.05, 0.1) is 0 Å². The van der Waals surface area contributed by atoms with Gasteiger partial charge in [-0.25, -0.2) is 9.66 Å². The zero-order chi connectivity index (χ0) is 18.4. The predicted molar refractivity (Wildman–Crippen MR) is 111 cm³/mol. The van der Waals surface area contributed by atoms with E-state index in [1.165, 1.54) is 0 Å². The van der Waals surface area contributed by atoms with Crippen LogP contribution in [0.25, 0.3) is 0 Å². The van der Waals surface area contributed by atoms with Crippen molar-refractivity contribution in [2.75, 3.05) is 24.8 Å². The Morgan fingerprint density at radius 3 is 1.81 bits per heavy atom. The highest BCUT2D eigenvalue weighted by molar-refractivity contribution is 7.57. The number of alkyl halides is 2. The number of aliphatic imine (C=N–C) groups is 1. The first kappa shape index (κ1) is 19.3. The third-order valence-corrected chi connectivity index (χ3v) is 6.21. The molecule has 1 unspecified atom stereocenters. The van der Waals surface area contributed by atoms with Crippen LogP contribution >= 0.6 is 30.8 Å². The van der Waals surface area contributed by atoms with Gasteiger partial charge in [-0.2, -0.15) is 9.51 Å². The first-order chi connectivity index (χ1) is 12.7. The monoisotopic (exact) mass is 408 g/mol. The fourth-order valence-corrected chi connectivity index (χ4v) is 5.05. The number of amidine groups is 2. The molecule has 0 aromatic heterocycles. The van der Waals surface area contributed by atoms with Crippen molar-refractivity contribution >= 4 is 42.5 Å². The fraction of sp³-hybridized carbons (Fsp3) is 0.222. The van der Waals surface area contributed by atoms with Crippen molar-refractivity contribution in [2.24, 2.45) is 14.5 Å². The normalized spacial score (nSPS) is 19.7. The number of nitrogens with zero attached hydrogens (tertiary/aromatic N) is 4. The van der Waals surface area contributed by atoms with Crippen LogP contribution in [-0.4, -0.2) is 46.1 Å². The summed E-state index contributed by atoms with van der Waals surface area (Å²) in [5.41, 5.74) is 1.65. The van der Waals surface area contributed by atoms with E-state index < -0.39 is 7.58 Å². The lowest BCUT2D eigenvalue weighted by atomic mass is 10.2. The minimum atomic E-state index is -3.20. The molecule has 8 heteroatoms. The van der Waals surface area contributed by atoms with Crippen molar-refractivity contribution in [3.8, 4) is 0 Å². The summed E-state index contributed by atoms with van der Waals surface area (Å²) < 4.78 is 10.8. The summed E-state index contributed by atoms with van der Waals surface area (Å²) in [4.78, 5) is 15.9. The quantitative estimate of drug-likeness (QED) is 0.536. The average molecular weight is 409 g/mol. The molecule has 1 heterocycles. The van der Waals surface area contributed by atoms with E-state index in [-0.39, 0.29) is 0 Å². The molecule has 0 saturated heterocycles. The number of rotatable bonds is 7. The van der Waals surface area contributed by atoms with Gasteiger partial charge in [-0.15, -0.1) is 23.2 Å². The Morgan fingerprint density at radius 2 is 1.31 bits per heavy atom. The van der Waals surface area contributed by atoms with Crippen molar-refractivity contribution in [2.45, 2.75) is 0 Å². The van der Waals surface area contributed by atoms with Gasteiger partial charge in [-0.05, 0) is 0 Å². The lowest BCUT2D eigenvalue weighted by Crippen LogP contribution is -2.26. The lowest BCUT2D eigenvalue weighted by Gasteiger charge is -2.29. The molecule has 0 radical (unpaired) electrons. The van der Waals surface area contributed by atoms with Crippen molar-refractivity contribution in [1.82, 2.24) is 4.67 Å². The molecule has 0 aliphatic carbocycles. The Hall–Kier alpha value is -1.49. The van der Waals surface area contributed by atoms with Crippen molar-refractivity contribution in [3.63, 3.8) is 0 Å². The van der Waals surface area contributed by atoms with E-state index in [9.17, 15) is 4.89 Å². The second-order valence-corrected chi connectivity index (χ2v) is 8.35. The predicted octanol–water partition coefficient (Wildman–Crippen LogP) is 4.61. The molecule has 0 fully saturated rings. The Kier molecular flexibility index (Phi) is 6.63. The van der Waals surface area contributed by atoms with Crippen molar-refractivity contribution < 1.29 is 4.89 Å². The molecule has 5 nitrogen and oxygen atoms in total. The van der Waals surface area contributed by atoms with Crippen LogP contribution in [0.1, 0.15) is 11.1 Å². The zero-order valence-electron chi connectivity index (χ0n) is 14.0. The summed E-state index contributed by atoms with van der Waals surface area (Å²) in [5, 5.41) is 0. The van der Waals surface area contributed by atoms with E-state index in [1.54, 1.807) is 4.67 Å². The summed E-state index contributed by atoms with van der Waals surface area (Å²) in [6.07, 6.45) is 0. The van der Waals surface area contributed by atoms with Crippen molar-refractivity contribution in [3.05, 3.63) is 71.8 Å². The molecule has 0 bridgehead atoms. The average Bonchev–Trinajstić information content (AvgIpc) is 2.69. The van der Waals surface area contributed by atoms with E-state index >= 15 is 0 Å². The highest BCUT2D eigenvalue weighted by Crippen LogP contribution is 2.53. The molecule has 0 spiro atoms. The Labute approximate surface area is 163 Å². The first-order valence-electron chi connectivity index (χ1n) is 8.18. The number of halogens is 2. The molecule has 0 amide bonds. The number of benzene rings is 2. The molecular weight excluding hydrogens is 390 g/mol. The molecule has 136 valence electrons. The van der Waals surface area contributed by atoms with Crippen LogP contribution in [0.4, 0.5) is 0 Å². The van der Waals surface area contributed by atoms with E-state index in [0.717, 1.165) is 11.1 Å². The van der Waals surface area contributed by atoms with Crippen LogP contribution in [0.5, 0.6) is 0 Å². The van der Waals surface area contributed by atoms with E-state index in [0.29, 0.717) is 36.5 Å². The maximum atomic E-state index is 11.3. The van der Waals surface area contributed by atoms with Crippen LogP contribution in [0.2, 0.25) is 0 Å². The van der Waals surface area contributed by atoms with Gasteiger partial charge in [0.1, 0.15) is 0 Å². The standard InChI is InChI=1S/C18H19Cl2N4OP/c19-11-13-24(14-12-20)26(25)22-17(15-7-3-1-4-8-15)21-18(23-26)16-9-5-2-6-10-16/h1-10,25H,11-14H2. The second-order valence-electron chi connectivity index (χ2n) is 5.56. The van der Waals surface area contributed by atoms with Gasteiger partial charge < -0.3 is 4.89 Å². The maximum Gasteiger partial charge on any atom is 0.278 e. The molecule has 0 saturated carbocycles. The lowest BCUT2D eigenvalue weighted by molar-refractivity contribution is 0.435. The van der Waals surface area contributed by atoms with Crippen LogP contribution in [0.15, 0.2) is 75.2 Å². The Morgan fingerprint density at radius 1 is 0.808 bits per heavy atom. The summed E-state index contributed by atoms with van der Waals surface area (Å²) >= 11 is 11.8. The zero-order valence-corrected chi connectivity index (χ0v) is 16.4. The summed E-state index contributed by atoms with van der Waals surface area (Å²) in [6, 6.07) is 19.1. The Bertz CT molecular complexity index is 810. The van der Waals surface area contributed by atoms with Crippen LogP contribution < -0.4 is 0 Å². The maximum absolute atomic E-state index is 11.3. The molecular formula is C18H19Cl2N4OP. The summed E-state index contributed by atoms with van der Waals surface area (Å²) in [6.45, 7) is 0.880. The molecule has 1 N–H and O–H groups in total. The van der Waals surface area contributed by atoms with Gasteiger partial charge in [0.2, 0.25) is 0 Å². The van der Waals surface area contributed by atoms with Gasteiger partial charge in [-0.3, -0.25) is 0 Å². The van der Waals surface area contributed by atoms with Crippen LogP contribution in [0.3, 0.4) is 0 Å². The van der Waals surface area contributed by atoms with Gasteiger partial charge >= 0.3 is 0 Å².